The summed E-state index contributed by atoms with van der Waals surface area (Å²) in [5.74, 6) is -0.476. The van der Waals surface area contributed by atoms with Crippen LogP contribution in [0.2, 0.25) is 5.02 Å². The summed E-state index contributed by atoms with van der Waals surface area (Å²) in [6, 6.07) is 7.52. The van der Waals surface area contributed by atoms with Gasteiger partial charge in [-0.25, -0.2) is 13.1 Å². The smallest absolute Gasteiger partial charge is 0.265 e. The fourth-order valence-electron chi connectivity index (χ4n) is 4.42. The van der Waals surface area contributed by atoms with Crippen LogP contribution in [0.1, 0.15) is 59.5 Å². The molecule has 5 nitrogen and oxygen atoms in total. The van der Waals surface area contributed by atoms with E-state index in [9.17, 15) is 13.6 Å². The van der Waals surface area contributed by atoms with Crippen molar-refractivity contribution in [3.63, 3.8) is 0 Å². The van der Waals surface area contributed by atoms with Gasteiger partial charge in [0.2, 0.25) is 0 Å². The Kier molecular flexibility index (Phi) is 7.30. The Bertz CT molecular complexity index is 1060. The Labute approximate surface area is 208 Å². The van der Waals surface area contributed by atoms with Gasteiger partial charge in [0.25, 0.3) is 5.91 Å². The molecule has 2 aliphatic heterocycles. The average molecular weight is 508 g/mol. The topological polar surface area (TPSA) is 44.8 Å². The number of piperidine rings is 1. The lowest BCUT2D eigenvalue weighted by Crippen LogP contribution is -2.40. The fourth-order valence-corrected chi connectivity index (χ4v) is 5.41. The highest BCUT2D eigenvalue weighted by Gasteiger charge is 2.31. The van der Waals surface area contributed by atoms with Crippen LogP contribution in [0.3, 0.4) is 0 Å². The van der Waals surface area contributed by atoms with Crippen LogP contribution in [-0.2, 0) is 6.54 Å². The van der Waals surface area contributed by atoms with Gasteiger partial charge in [-0.3, -0.25) is 14.4 Å². The van der Waals surface area contributed by atoms with Crippen LogP contribution in [0.15, 0.2) is 30.3 Å². The molecule has 5 rings (SSSR count). The second-order valence-corrected chi connectivity index (χ2v) is 10.6. The van der Waals surface area contributed by atoms with E-state index in [1.165, 1.54) is 30.3 Å². The molecule has 1 atom stereocenters. The van der Waals surface area contributed by atoms with Crippen molar-refractivity contribution in [2.45, 2.75) is 50.7 Å². The normalized spacial score (nSPS) is 21.2. The van der Waals surface area contributed by atoms with Gasteiger partial charge in [-0.1, -0.05) is 17.7 Å². The number of amides is 1. The number of halogens is 3. The zero-order chi connectivity index (χ0) is 23.7. The van der Waals surface area contributed by atoms with E-state index < -0.39 is 11.7 Å². The van der Waals surface area contributed by atoms with Crippen molar-refractivity contribution in [1.29, 1.82) is 0 Å². The fraction of sp³-hybridized carbons (Fsp3) is 0.480. The second-order valence-electron chi connectivity index (χ2n) is 9.30. The quantitative estimate of drug-likeness (QED) is 0.475. The number of rotatable bonds is 8. The van der Waals surface area contributed by atoms with Crippen LogP contribution in [0.5, 0.6) is 5.75 Å². The lowest BCUT2D eigenvalue weighted by atomic mass is 10.0. The molecule has 0 unspecified atom stereocenters. The summed E-state index contributed by atoms with van der Waals surface area (Å²) in [4.78, 5) is 14.8. The van der Waals surface area contributed by atoms with Crippen molar-refractivity contribution in [3.8, 4) is 5.75 Å². The van der Waals surface area contributed by atoms with E-state index in [1.54, 1.807) is 12.1 Å². The number of hydrogen-bond acceptors (Lipinski definition) is 5. The largest absolute Gasteiger partial charge is 0.489 e. The lowest BCUT2D eigenvalue weighted by molar-refractivity contribution is 0.0832. The summed E-state index contributed by atoms with van der Waals surface area (Å²) >= 11 is 7.45. The molecule has 1 aliphatic carbocycles. The highest BCUT2D eigenvalue weighted by molar-refractivity contribution is 7.95. The maximum absolute atomic E-state index is 15.0. The van der Waals surface area contributed by atoms with Crippen molar-refractivity contribution < 1.29 is 18.3 Å². The molecule has 2 heterocycles. The van der Waals surface area contributed by atoms with E-state index in [4.69, 9.17) is 16.3 Å². The number of carbonyl (C=O) groups excluding carboxylic acids is 1. The van der Waals surface area contributed by atoms with Gasteiger partial charge in [-0.2, -0.15) is 0 Å². The number of hydrogen-bond donors (Lipinski definition) is 1. The first-order valence-corrected chi connectivity index (χ1v) is 13.0. The van der Waals surface area contributed by atoms with Gasteiger partial charge < -0.3 is 4.74 Å². The van der Waals surface area contributed by atoms with Crippen LogP contribution < -0.4 is 9.46 Å². The van der Waals surface area contributed by atoms with Crippen molar-refractivity contribution >= 4 is 29.6 Å². The Hall–Kier alpha value is -1.87. The van der Waals surface area contributed by atoms with Crippen molar-refractivity contribution in [2.75, 3.05) is 26.2 Å². The molecule has 1 amide bonds. The van der Waals surface area contributed by atoms with Crippen LogP contribution in [-0.4, -0.2) is 47.4 Å². The van der Waals surface area contributed by atoms with Crippen LogP contribution >= 0.6 is 23.7 Å². The molecule has 0 aromatic heterocycles. The number of likely N-dealkylation sites (tertiary alicyclic amines) is 1. The van der Waals surface area contributed by atoms with Crippen molar-refractivity contribution in [1.82, 2.24) is 13.9 Å². The van der Waals surface area contributed by atoms with Gasteiger partial charge in [-0.15, -0.1) is 0 Å². The molecule has 3 fully saturated rings. The molecule has 1 N–H and O–H groups in total. The Balaban J connectivity index is 1.26. The summed E-state index contributed by atoms with van der Waals surface area (Å²) in [6.45, 7) is 4.04. The van der Waals surface area contributed by atoms with Gasteiger partial charge in [0, 0.05) is 49.4 Å². The molecule has 1 saturated carbocycles. The first-order valence-electron chi connectivity index (χ1n) is 11.8. The predicted molar refractivity (Wildman–Crippen MR) is 130 cm³/mol. The van der Waals surface area contributed by atoms with Crippen molar-refractivity contribution in [3.05, 3.63) is 63.7 Å². The lowest BCUT2D eigenvalue weighted by Gasteiger charge is -2.33. The zero-order valence-electron chi connectivity index (χ0n) is 18.9. The van der Waals surface area contributed by atoms with Crippen LogP contribution in [0.25, 0.3) is 0 Å². The van der Waals surface area contributed by atoms with E-state index in [0.717, 1.165) is 62.9 Å². The van der Waals surface area contributed by atoms with Gasteiger partial charge in [0.1, 0.15) is 23.5 Å². The molecule has 0 radical (unpaired) electrons. The first-order chi connectivity index (χ1) is 16.5. The van der Waals surface area contributed by atoms with E-state index in [1.807, 2.05) is 4.31 Å². The van der Waals surface area contributed by atoms with Crippen LogP contribution in [0.4, 0.5) is 8.78 Å². The third-order valence-electron chi connectivity index (χ3n) is 6.61. The predicted octanol–water partition coefficient (Wildman–Crippen LogP) is 5.54. The van der Waals surface area contributed by atoms with Gasteiger partial charge >= 0.3 is 0 Å². The number of ether oxygens (including phenoxy) is 1. The summed E-state index contributed by atoms with van der Waals surface area (Å²) in [6.07, 6.45) is 4.88. The molecular formula is C25H28ClF2N3O2S. The van der Waals surface area contributed by atoms with Gasteiger partial charge in [-0.05, 0) is 73.9 Å². The minimum Gasteiger partial charge on any atom is -0.489 e. The number of carbonyl (C=O) groups is 1. The van der Waals surface area contributed by atoms with E-state index in [2.05, 4.69) is 9.62 Å². The summed E-state index contributed by atoms with van der Waals surface area (Å²) < 4.78 is 39.4. The molecule has 182 valence electrons. The SMILES string of the molecule is O=C(NSN1CCC1)c1cc(C2CC2)c(O[C@@H]2CCCN(Cc3ccc(F)cc3Cl)C2)cc1F. The van der Waals surface area contributed by atoms with E-state index in [-0.39, 0.29) is 17.5 Å². The molecule has 2 aromatic carbocycles. The Morgan fingerprint density at radius 3 is 2.65 bits per heavy atom. The molecule has 2 saturated heterocycles. The molecule has 34 heavy (non-hydrogen) atoms. The Morgan fingerprint density at radius 2 is 1.94 bits per heavy atom. The minimum atomic E-state index is -0.563. The standard InChI is InChI=1S/C25H28ClF2N3O2S/c26-22-11-18(27)7-6-17(22)14-30-8-1-3-19(15-30)33-24-13-23(28)21(12-20(24)16-4-5-16)25(32)29-34-31-9-2-10-31/h6-7,11-13,16,19H,1-5,8-10,14-15H2,(H,29,32)/t19-/m1/s1. The third-order valence-corrected chi connectivity index (χ3v) is 7.86. The highest BCUT2D eigenvalue weighted by Crippen LogP contribution is 2.45. The molecule has 0 bridgehead atoms. The second kappa shape index (κ2) is 10.4. The van der Waals surface area contributed by atoms with Crippen LogP contribution in [0, 0.1) is 11.6 Å². The summed E-state index contributed by atoms with van der Waals surface area (Å²) in [5.41, 5.74) is 1.86. The minimum absolute atomic E-state index is 0.0681. The monoisotopic (exact) mass is 507 g/mol. The highest BCUT2D eigenvalue weighted by atomic mass is 35.5. The van der Waals surface area contributed by atoms with E-state index >= 15 is 0 Å². The zero-order valence-corrected chi connectivity index (χ0v) is 20.4. The maximum Gasteiger partial charge on any atom is 0.265 e. The first kappa shape index (κ1) is 23.9. The van der Waals surface area contributed by atoms with E-state index in [0.29, 0.717) is 29.8 Å². The van der Waals surface area contributed by atoms with Gasteiger partial charge in [0.15, 0.2) is 0 Å². The summed E-state index contributed by atoms with van der Waals surface area (Å²) in [7, 11) is 0. The van der Waals surface area contributed by atoms with Crippen molar-refractivity contribution in [2.24, 2.45) is 0 Å². The molecule has 0 spiro atoms. The average Bonchev–Trinajstić information content (AvgIpc) is 3.60. The number of nitrogens with one attached hydrogen (secondary N) is 1. The molecule has 3 aliphatic rings. The summed E-state index contributed by atoms with van der Waals surface area (Å²) in [5, 5.41) is 0.419. The Morgan fingerprint density at radius 1 is 1.12 bits per heavy atom. The molecule has 2 aromatic rings. The maximum atomic E-state index is 15.0. The number of benzene rings is 2. The van der Waals surface area contributed by atoms with Gasteiger partial charge in [0.05, 0.1) is 5.56 Å². The third kappa shape index (κ3) is 5.67. The molecular weight excluding hydrogens is 480 g/mol. The molecule has 9 heteroatoms. The number of nitrogens with zero attached hydrogens (tertiary/aromatic N) is 2.